The predicted octanol–water partition coefficient (Wildman–Crippen LogP) is 5.96. The molecule has 2 rings (SSSR count). The summed E-state index contributed by atoms with van der Waals surface area (Å²) in [6, 6.07) is 6.78. The smallest absolute Gasteiger partial charge is 0.127 e. The molecule has 0 spiro atoms. The summed E-state index contributed by atoms with van der Waals surface area (Å²) in [7, 11) is 0. The lowest BCUT2D eigenvalue weighted by atomic mass is 9.93. The van der Waals surface area contributed by atoms with Gasteiger partial charge in [0.05, 0.1) is 11.1 Å². The van der Waals surface area contributed by atoms with E-state index in [0.717, 1.165) is 57.0 Å². The fourth-order valence-electron chi connectivity index (χ4n) is 3.94. The first-order valence-electron chi connectivity index (χ1n) is 12.2. The van der Waals surface area contributed by atoms with Crippen molar-refractivity contribution in [3.05, 3.63) is 34.9 Å². The van der Waals surface area contributed by atoms with Gasteiger partial charge in [0.25, 0.3) is 0 Å². The molecule has 0 aliphatic rings. The number of fused-ring (bicyclic) bond motifs is 1. The Morgan fingerprint density at radius 1 is 0.903 bits per heavy atom. The molecule has 4 nitrogen and oxygen atoms in total. The van der Waals surface area contributed by atoms with Crippen LogP contribution in [0.25, 0.3) is 10.9 Å². The van der Waals surface area contributed by atoms with E-state index in [9.17, 15) is 5.11 Å². The number of benzene rings is 1. The lowest BCUT2D eigenvalue weighted by Gasteiger charge is -2.20. The Kier molecular flexibility index (Phi) is 9.32. The molecule has 0 aliphatic heterocycles. The molecule has 1 aromatic heterocycles. The van der Waals surface area contributed by atoms with E-state index in [-0.39, 0.29) is 5.54 Å². The number of rotatable bonds is 12. The second-order valence-corrected chi connectivity index (χ2v) is 10.8. The van der Waals surface area contributed by atoms with Gasteiger partial charge in [-0.3, -0.25) is 0 Å². The molecule has 174 valence electrons. The zero-order valence-corrected chi connectivity index (χ0v) is 20.8. The lowest BCUT2D eigenvalue weighted by molar-refractivity contribution is 0.0714. The van der Waals surface area contributed by atoms with Crippen LogP contribution in [0.15, 0.2) is 18.2 Å². The maximum atomic E-state index is 10.2. The van der Waals surface area contributed by atoms with Crippen LogP contribution in [0.2, 0.25) is 0 Å². The fraction of sp³-hybridized carbons (Fsp3) is 0.667. The van der Waals surface area contributed by atoms with Gasteiger partial charge >= 0.3 is 0 Å². The molecule has 31 heavy (non-hydrogen) atoms. The Labute approximate surface area is 190 Å². The molecule has 0 atom stereocenters. The second kappa shape index (κ2) is 11.3. The molecule has 1 aromatic carbocycles. The van der Waals surface area contributed by atoms with Gasteiger partial charge in [0.1, 0.15) is 5.82 Å². The minimum absolute atomic E-state index is 0.165. The van der Waals surface area contributed by atoms with Crippen molar-refractivity contribution in [3.8, 4) is 0 Å². The number of hydrogen-bond donors (Lipinski definition) is 3. The Hall–Kier alpha value is -1.65. The first-order valence-corrected chi connectivity index (χ1v) is 12.2. The highest BCUT2D eigenvalue weighted by Crippen LogP contribution is 2.27. The molecule has 4 N–H and O–H groups in total. The van der Waals surface area contributed by atoms with Gasteiger partial charge in [-0.2, -0.15) is 0 Å². The molecule has 1 heterocycles. The third kappa shape index (κ3) is 9.16. The van der Waals surface area contributed by atoms with Crippen LogP contribution >= 0.6 is 0 Å². The van der Waals surface area contributed by atoms with E-state index in [1.807, 2.05) is 13.8 Å². The molecule has 0 saturated carbocycles. The molecular formula is C27H45N3O. The summed E-state index contributed by atoms with van der Waals surface area (Å²) in [4.78, 5) is 4.80. The topological polar surface area (TPSA) is 71.2 Å². The number of aryl methyl sites for hydroxylation is 3. The van der Waals surface area contributed by atoms with Gasteiger partial charge in [0, 0.05) is 10.9 Å². The predicted molar refractivity (Wildman–Crippen MR) is 135 cm³/mol. The Morgan fingerprint density at radius 3 is 2.23 bits per heavy atom. The Balaban J connectivity index is 2.25. The number of hydrogen-bond acceptors (Lipinski definition) is 4. The number of nitrogens with one attached hydrogen (secondary N) is 1. The molecule has 0 bridgehead atoms. The van der Waals surface area contributed by atoms with Gasteiger partial charge in [-0.15, -0.1) is 0 Å². The summed E-state index contributed by atoms with van der Waals surface area (Å²) in [5.41, 5.74) is 10.6. The standard InChI is InChI=1S/C27H45N3O/c1-7-8-9-13-22-19-23-21(12-10-11-16-29-26(2,3)4)17-20(14-15-27(5,6)31)18-24(23)30-25(22)28/h17-19,29,31H,7-16H2,1-6H3,(H2,28,30). The van der Waals surface area contributed by atoms with E-state index in [1.165, 1.54) is 34.9 Å². The zero-order valence-electron chi connectivity index (χ0n) is 20.8. The van der Waals surface area contributed by atoms with Gasteiger partial charge in [-0.1, -0.05) is 25.8 Å². The number of unbranched alkanes of at least 4 members (excludes halogenated alkanes) is 3. The van der Waals surface area contributed by atoms with Crippen LogP contribution in [-0.4, -0.2) is 27.8 Å². The molecule has 0 saturated heterocycles. The van der Waals surface area contributed by atoms with E-state index in [2.05, 4.69) is 51.2 Å². The SMILES string of the molecule is CCCCCc1cc2c(CCCCNC(C)(C)C)cc(CCC(C)(C)O)cc2nc1N. The van der Waals surface area contributed by atoms with Crippen LogP contribution in [0.3, 0.4) is 0 Å². The highest BCUT2D eigenvalue weighted by molar-refractivity contribution is 5.85. The van der Waals surface area contributed by atoms with Crippen LogP contribution in [-0.2, 0) is 19.3 Å². The maximum Gasteiger partial charge on any atom is 0.127 e. The molecule has 2 aromatic rings. The molecular weight excluding hydrogens is 382 g/mol. The van der Waals surface area contributed by atoms with Crippen molar-refractivity contribution in [3.63, 3.8) is 0 Å². The van der Waals surface area contributed by atoms with Gasteiger partial charge in [-0.25, -0.2) is 4.98 Å². The normalized spacial score (nSPS) is 12.6. The van der Waals surface area contributed by atoms with E-state index < -0.39 is 5.60 Å². The van der Waals surface area contributed by atoms with E-state index >= 15 is 0 Å². The van der Waals surface area contributed by atoms with Crippen molar-refractivity contribution in [2.75, 3.05) is 12.3 Å². The summed E-state index contributed by atoms with van der Waals surface area (Å²) >= 11 is 0. The minimum Gasteiger partial charge on any atom is -0.390 e. The van der Waals surface area contributed by atoms with E-state index in [0.29, 0.717) is 5.82 Å². The van der Waals surface area contributed by atoms with Gasteiger partial charge in [-0.05, 0) is 115 Å². The molecule has 0 aliphatic carbocycles. The van der Waals surface area contributed by atoms with Crippen molar-refractivity contribution in [1.82, 2.24) is 10.3 Å². The van der Waals surface area contributed by atoms with E-state index in [1.54, 1.807) is 0 Å². The van der Waals surface area contributed by atoms with Crippen LogP contribution in [0.1, 0.15) is 96.8 Å². The number of nitrogens with two attached hydrogens (primary N) is 1. The van der Waals surface area contributed by atoms with Crippen molar-refractivity contribution in [2.45, 2.75) is 110 Å². The van der Waals surface area contributed by atoms with Crippen molar-refractivity contribution in [2.24, 2.45) is 0 Å². The van der Waals surface area contributed by atoms with Crippen LogP contribution in [0.5, 0.6) is 0 Å². The summed E-state index contributed by atoms with van der Waals surface area (Å²) < 4.78 is 0. The molecule has 0 unspecified atom stereocenters. The lowest BCUT2D eigenvalue weighted by Crippen LogP contribution is -2.36. The Morgan fingerprint density at radius 2 is 1.58 bits per heavy atom. The summed E-state index contributed by atoms with van der Waals surface area (Å²) in [5.74, 6) is 0.670. The summed E-state index contributed by atoms with van der Waals surface area (Å²) in [5, 5.41) is 15.0. The van der Waals surface area contributed by atoms with Gasteiger partial charge in [0.15, 0.2) is 0 Å². The highest BCUT2D eigenvalue weighted by Gasteiger charge is 2.15. The number of pyridine rings is 1. The average molecular weight is 428 g/mol. The molecule has 4 heteroatoms. The van der Waals surface area contributed by atoms with Crippen LogP contribution < -0.4 is 11.1 Å². The number of aliphatic hydroxyl groups is 1. The monoisotopic (exact) mass is 427 g/mol. The zero-order chi connectivity index (χ0) is 23.1. The second-order valence-electron chi connectivity index (χ2n) is 10.8. The van der Waals surface area contributed by atoms with Crippen molar-refractivity contribution in [1.29, 1.82) is 0 Å². The number of aromatic nitrogens is 1. The van der Waals surface area contributed by atoms with Crippen molar-refractivity contribution >= 4 is 16.7 Å². The first-order chi connectivity index (χ1) is 14.5. The maximum absolute atomic E-state index is 10.2. The average Bonchev–Trinajstić information content (AvgIpc) is 2.65. The van der Waals surface area contributed by atoms with E-state index in [4.69, 9.17) is 10.7 Å². The minimum atomic E-state index is -0.663. The molecule has 0 fully saturated rings. The summed E-state index contributed by atoms with van der Waals surface area (Å²) in [6.45, 7) is 13.6. The highest BCUT2D eigenvalue weighted by atomic mass is 16.3. The van der Waals surface area contributed by atoms with Gasteiger partial charge in [0.2, 0.25) is 0 Å². The third-order valence-electron chi connectivity index (χ3n) is 5.80. The quantitative estimate of drug-likeness (QED) is 0.365. The number of anilines is 1. The molecule has 0 amide bonds. The summed E-state index contributed by atoms with van der Waals surface area (Å²) in [6.07, 6.45) is 9.50. The van der Waals surface area contributed by atoms with Crippen LogP contribution in [0, 0.1) is 0 Å². The van der Waals surface area contributed by atoms with Gasteiger partial charge < -0.3 is 16.2 Å². The van der Waals surface area contributed by atoms with Crippen molar-refractivity contribution < 1.29 is 5.11 Å². The largest absolute Gasteiger partial charge is 0.390 e. The molecule has 0 radical (unpaired) electrons. The van der Waals surface area contributed by atoms with Crippen LogP contribution in [0.4, 0.5) is 5.82 Å². The number of nitrogen functional groups attached to an aromatic ring is 1. The fourth-order valence-corrected chi connectivity index (χ4v) is 3.94. The number of nitrogens with zero attached hydrogens (tertiary/aromatic N) is 1. The third-order valence-corrected chi connectivity index (χ3v) is 5.80. The first kappa shape index (κ1) is 25.6. The Bertz CT molecular complexity index is 831.